The van der Waals surface area contributed by atoms with Gasteiger partial charge in [0.05, 0.1) is 18.4 Å². The summed E-state index contributed by atoms with van der Waals surface area (Å²) < 4.78 is 0. The van der Waals surface area contributed by atoms with Crippen molar-refractivity contribution in [3.8, 4) is 0 Å². The summed E-state index contributed by atoms with van der Waals surface area (Å²) in [6.07, 6.45) is 5.04. The first-order valence-corrected chi connectivity index (χ1v) is 11.2. The van der Waals surface area contributed by atoms with Crippen molar-refractivity contribution in [3.05, 3.63) is 30.4 Å². The van der Waals surface area contributed by atoms with Gasteiger partial charge in [0.15, 0.2) is 11.6 Å². The number of aromatic nitrogens is 2. The van der Waals surface area contributed by atoms with Crippen LogP contribution in [0, 0.1) is 11.8 Å². The Bertz CT molecular complexity index is 951. The number of amides is 4. The quantitative estimate of drug-likeness (QED) is 0.344. The summed E-state index contributed by atoms with van der Waals surface area (Å²) >= 11 is 0. The van der Waals surface area contributed by atoms with Gasteiger partial charge >= 0.3 is 0 Å². The zero-order chi connectivity index (χ0) is 25.4. The molecule has 3 atom stereocenters. The maximum absolute atomic E-state index is 13.0. The fraction of sp³-hybridized carbons (Fsp3) is 0.542. The van der Waals surface area contributed by atoms with E-state index in [0.29, 0.717) is 5.69 Å². The maximum Gasteiger partial charge on any atom is 0.253 e. The molecule has 1 aliphatic rings. The molecule has 0 bridgehead atoms. The molecule has 1 aliphatic heterocycles. The van der Waals surface area contributed by atoms with Gasteiger partial charge < -0.3 is 15.6 Å². The number of hydrogen-bond acceptors (Lipinski definition) is 7. The van der Waals surface area contributed by atoms with E-state index in [-0.39, 0.29) is 50.7 Å². The molecule has 1 aromatic rings. The van der Waals surface area contributed by atoms with Crippen molar-refractivity contribution in [2.24, 2.45) is 11.8 Å². The topological polar surface area (TPSA) is 158 Å². The van der Waals surface area contributed by atoms with Crippen molar-refractivity contribution in [1.82, 2.24) is 25.5 Å². The Morgan fingerprint density at radius 1 is 1.03 bits per heavy atom. The molecule has 11 nitrogen and oxygen atoms in total. The Morgan fingerprint density at radius 2 is 1.66 bits per heavy atom. The van der Waals surface area contributed by atoms with Gasteiger partial charge in [-0.25, -0.2) is 4.98 Å². The van der Waals surface area contributed by atoms with E-state index in [0.717, 1.165) is 17.1 Å². The smallest absolute Gasteiger partial charge is 0.253 e. The van der Waals surface area contributed by atoms with E-state index in [1.807, 2.05) is 0 Å². The highest BCUT2D eigenvalue weighted by Gasteiger charge is 2.29. The Labute approximate surface area is 205 Å². The minimum Gasteiger partial charge on any atom is -0.348 e. The van der Waals surface area contributed by atoms with Crippen LogP contribution in [0.3, 0.4) is 0 Å². The number of rotatable bonds is 13. The zero-order valence-corrected chi connectivity index (χ0v) is 19.8. The molecule has 0 saturated carbocycles. The number of nitrogens with one attached hydrogen (secondary N) is 3. The van der Waals surface area contributed by atoms with E-state index in [9.17, 15) is 28.8 Å². The molecule has 0 aromatic carbocycles. The molecule has 0 unspecified atom stereocenters. The summed E-state index contributed by atoms with van der Waals surface area (Å²) in [7, 11) is 0. The predicted octanol–water partition coefficient (Wildman–Crippen LogP) is 0.713. The first-order valence-electron chi connectivity index (χ1n) is 11.2. The predicted molar refractivity (Wildman–Crippen MR) is 128 cm³/mol. The van der Waals surface area contributed by atoms with Gasteiger partial charge in [0.2, 0.25) is 11.8 Å². The van der Waals surface area contributed by atoms with Gasteiger partial charge in [0.25, 0.3) is 11.8 Å². The summed E-state index contributed by atoms with van der Waals surface area (Å²) in [6.45, 7) is 6.55. The average Bonchev–Trinajstić information content (AvgIpc) is 3.40. The van der Waals surface area contributed by atoms with Crippen LogP contribution in [0.15, 0.2) is 24.7 Å². The van der Waals surface area contributed by atoms with Crippen LogP contribution in [-0.2, 0) is 35.2 Å². The second kappa shape index (κ2) is 13.3. The van der Waals surface area contributed by atoms with Crippen LogP contribution in [0.5, 0.6) is 0 Å². The molecule has 0 radical (unpaired) electrons. The van der Waals surface area contributed by atoms with Gasteiger partial charge in [-0.2, -0.15) is 0 Å². The molecule has 1 aromatic heterocycles. The zero-order valence-electron chi connectivity index (χ0n) is 19.8. The average molecular weight is 490 g/mol. The largest absolute Gasteiger partial charge is 0.348 e. The number of hydrogen-bond donors (Lipinski definition) is 3. The number of nitrogens with zero attached hydrogens (tertiary/aromatic N) is 2. The molecule has 0 aliphatic carbocycles. The third-order valence-corrected chi connectivity index (χ3v) is 5.48. The number of H-pyrrole nitrogens is 1. The summed E-state index contributed by atoms with van der Waals surface area (Å²) in [5, 5.41) is 5.27. The number of imide groups is 1. The van der Waals surface area contributed by atoms with Gasteiger partial charge in [-0.1, -0.05) is 28.2 Å². The van der Waals surface area contributed by atoms with Gasteiger partial charge in [0.1, 0.15) is 0 Å². The molecular formula is C24H35N5O6. The third kappa shape index (κ3) is 8.58. The number of carbonyl (C=O) groups is 6. The molecule has 2 rings (SSSR count). The molecular weight excluding hydrogens is 454 g/mol. The number of imidazole rings is 1. The van der Waals surface area contributed by atoms with E-state index < -0.39 is 41.6 Å². The summed E-state index contributed by atoms with van der Waals surface area (Å²) in [5.41, 5.74) is 0.612. The van der Waals surface area contributed by atoms with E-state index in [1.165, 1.54) is 12.5 Å². The molecule has 2 heterocycles. The Hall–Kier alpha value is -3.63. The second-order valence-electron chi connectivity index (χ2n) is 8.67. The molecule has 192 valence electrons. The normalized spacial score (nSPS) is 15.4. The number of aromatic amines is 1. The Balaban J connectivity index is 0.00000612. The van der Waals surface area contributed by atoms with E-state index in [4.69, 9.17) is 0 Å². The highest BCUT2D eigenvalue weighted by atomic mass is 16.2. The molecule has 0 fully saturated rings. The van der Waals surface area contributed by atoms with E-state index in [2.05, 4.69) is 20.6 Å². The van der Waals surface area contributed by atoms with Crippen molar-refractivity contribution in [3.63, 3.8) is 0 Å². The highest BCUT2D eigenvalue weighted by molar-refractivity contribution is 6.13. The van der Waals surface area contributed by atoms with Crippen LogP contribution >= 0.6 is 0 Å². The van der Waals surface area contributed by atoms with Crippen LogP contribution in [0.1, 0.15) is 53.7 Å². The molecule has 0 saturated heterocycles. The van der Waals surface area contributed by atoms with Crippen molar-refractivity contribution in [2.45, 2.75) is 66.5 Å². The molecule has 4 amide bonds. The monoisotopic (exact) mass is 489 g/mol. The van der Waals surface area contributed by atoms with Gasteiger partial charge in [-0.3, -0.25) is 33.7 Å². The standard InChI is InChI=1S/C23H31N5O6.CH4/c1-13(2)22(33)15(4)26-23(34)14(3)9-18(29)17(10-16-11-24-12-25-16)27-19(30)7-8-28-20(31)5-6-21(28)32;/h5-6,11-15,17H,7-10H2,1-4H3,(H,24,25)(H,26,34)(H,27,30);1H4/t14-,15+,17+;/m1./s1. The molecule has 35 heavy (non-hydrogen) atoms. The number of carbonyl (C=O) groups excluding carboxylic acids is 6. The lowest BCUT2D eigenvalue weighted by molar-refractivity contribution is -0.137. The number of Topliss-reactive ketones (excluding diaryl/α,β-unsaturated/α-hetero) is 2. The van der Waals surface area contributed by atoms with Crippen molar-refractivity contribution in [2.75, 3.05) is 6.54 Å². The minimum atomic E-state index is -0.943. The van der Waals surface area contributed by atoms with Crippen molar-refractivity contribution < 1.29 is 28.8 Å². The van der Waals surface area contributed by atoms with Crippen LogP contribution in [0.25, 0.3) is 0 Å². The fourth-order valence-corrected chi connectivity index (χ4v) is 3.46. The minimum absolute atomic E-state index is 0. The van der Waals surface area contributed by atoms with E-state index >= 15 is 0 Å². The first kappa shape index (κ1) is 29.4. The number of ketones is 2. The molecule has 0 spiro atoms. The lowest BCUT2D eigenvalue weighted by atomic mass is 9.95. The maximum atomic E-state index is 13.0. The lowest BCUT2D eigenvalue weighted by Crippen LogP contribution is -2.46. The Kier molecular flexibility index (Phi) is 11.2. The van der Waals surface area contributed by atoms with Crippen LogP contribution in [0.4, 0.5) is 0 Å². The van der Waals surface area contributed by atoms with Crippen LogP contribution < -0.4 is 10.6 Å². The van der Waals surface area contributed by atoms with Gasteiger partial charge in [0, 0.05) is 61.7 Å². The van der Waals surface area contributed by atoms with Gasteiger partial charge in [-0.05, 0) is 6.92 Å². The summed E-state index contributed by atoms with van der Waals surface area (Å²) in [6, 6.07) is -1.61. The van der Waals surface area contributed by atoms with Crippen molar-refractivity contribution >= 4 is 35.2 Å². The van der Waals surface area contributed by atoms with Crippen LogP contribution in [0.2, 0.25) is 0 Å². The molecule has 11 heteroatoms. The summed E-state index contributed by atoms with van der Waals surface area (Å²) in [5.74, 6) is -3.37. The summed E-state index contributed by atoms with van der Waals surface area (Å²) in [4.78, 5) is 81.0. The van der Waals surface area contributed by atoms with E-state index in [1.54, 1.807) is 27.7 Å². The molecule has 3 N–H and O–H groups in total. The SMILES string of the molecule is C.CC(C)C(=O)[C@H](C)NC(=O)[C@H](C)CC(=O)[C@H](Cc1cnc[nH]1)NC(=O)CCN1C(=O)C=CC1=O. The van der Waals surface area contributed by atoms with Gasteiger partial charge in [-0.15, -0.1) is 0 Å². The first-order chi connectivity index (χ1) is 16.0. The second-order valence-corrected chi connectivity index (χ2v) is 8.67. The third-order valence-electron chi connectivity index (χ3n) is 5.48. The highest BCUT2D eigenvalue weighted by Crippen LogP contribution is 2.11. The van der Waals surface area contributed by atoms with Crippen molar-refractivity contribution in [1.29, 1.82) is 0 Å². The lowest BCUT2D eigenvalue weighted by Gasteiger charge is -2.21. The Morgan fingerprint density at radius 3 is 2.20 bits per heavy atom. The fourth-order valence-electron chi connectivity index (χ4n) is 3.46. The van der Waals surface area contributed by atoms with Crippen LogP contribution in [-0.4, -0.2) is 68.7 Å².